The first-order valence-corrected chi connectivity index (χ1v) is 8.79. The van der Waals surface area contributed by atoms with Crippen molar-refractivity contribution in [1.82, 2.24) is 4.98 Å². The van der Waals surface area contributed by atoms with E-state index in [2.05, 4.69) is 15.5 Å². The molecule has 0 saturated carbocycles. The molecule has 1 aromatic heterocycles. The van der Waals surface area contributed by atoms with Crippen LogP contribution in [0.3, 0.4) is 0 Å². The molecule has 128 valence electrons. The van der Waals surface area contributed by atoms with Crippen LogP contribution in [0.25, 0.3) is 11.3 Å². The largest absolute Gasteiger partial charge is 0.493 e. The lowest BCUT2D eigenvalue weighted by molar-refractivity contribution is 0.310. The average Bonchev–Trinajstić information content (AvgIpc) is 3.13. The van der Waals surface area contributed by atoms with Crippen LogP contribution in [0.15, 0.2) is 59.0 Å². The normalized spacial score (nSPS) is 10.8. The molecule has 2 aromatic carbocycles. The fraction of sp³-hybridized carbons (Fsp3) is 0.158. The Kier molecular flexibility index (Phi) is 5.64. The molecule has 6 heteroatoms. The second-order valence-electron chi connectivity index (χ2n) is 5.09. The van der Waals surface area contributed by atoms with Gasteiger partial charge in [-0.15, -0.1) is 11.3 Å². The summed E-state index contributed by atoms with van der Waals surface area (Å²) in [6.07, 6.45) is 1.71. The number of aromatic nitrogens is 1. The maximum absolute atomic E-state index is 5.67. The highest BCUT2D eigenvalue weighted by molar-refractivity contribution is 7.14. The number of nitrogens with one attached hydrogen (secondary N) is 1. The van der Waals surface area contributed by atoms with E-state index >= 15 is 0 Å². The molecule has 0 aliphatic heterocycles. The molecule has 0 fully saturated rings. The number of thiazole rings is 1. The number of para-hydroxylation sites is 1. The van der Waals surface area contributed by atoms with Gasteiger partial charge in [-0.25, -0.2) is 4.98 Å². The highest BCUT2D eigenvalue weighted by Gasteiger charge is 2.08. The monoisotopic (exact) mass is 353 g/mol. The zero-order valence-corrected chi connectivity index (χ0v) is 14.9. The van der Waals surface area contributed by atoms with E-state index in [1.165, 1.54) is 11.3 Å². The second-order valence-corrected chi connectivity index (χ2v) is 5.94. The fourth-order valence-electron chi connectivity index (χ4n) is 2.32. The molecule has 0 radical (unpaired) electrons. The van der Waals surface area contributed by atoms with Gasteiger partial charge < -0.3 is 9.47 Å². The van der Waals surface area contributed by atoms with Crippen molar-refractivity contribution in [1.29, 1.82) is 0 Å². The Morgan fingerprint density at radius 3 is 2.76 bits per heavy atom. The standard InChI is InChI=1S/C19H19N3O2S/c1-3-24-18-15(10-7-11-17(18)23-2)12-20-22-19-21-16(13-25-19)14-8-5-4-6-9-14/h4-13H,3H2,1-2H3,(H,21,22). The Labute approximate surface area is 151 Å². The van der Waals surface area contributed by atoms with Crippen molar-refractivity contribution in [2.24, 2.45) is 5.10 Å². The molecule has 0 bridgehead atoms. The van der Waals surface area contributed by atoms with E-state index in [1.807, 2.05) is 60.8 Å². The molecule has 0 unspecified atom stereocenters. The van der Waals surface area contributed by atoms with Gasteiger partial charge in [0.15, 0.2) is 11.5 Å². The number of ether oxygens (including phenoxy) is 2. The van der Waals surface area contributed by atoms with Crippen LogP contribution in [0.1, 0.15) is 12.5 Å². The molecule has 0 spiro atoms. The molecule has 0 amide bonds. The third-order valence-corrected chi connectivity index (χ3v) is 4.20. The van der Waals surface area contributed by atoms with Crippen molar-refractivity contribution in [2.45, 2.75) is 6.92 Å². The first-order chi connectivity index (χ1) is 12.3. The van der Waals surface area contributed by atoms with Gasteiger partial charge in [0.25, 0.3) is 0 Å². The van der Waals surface area contributed by atoms with Crippen LogP contribution in [-0.4, -0.2) is 24.9 Å². The lowest BCUT2D eigenvalue weighted by Gasteiger charge is -2.11. The van der Waals surface area contributed by atoms with Crippen LogP contribution >= 0.6 is 11.3 Å². The zero-order valence-electron chi connectivity index (χ0n) is 14.1. The Bertz CT molecular complexity index is 847. The summed E-state index contributed by atoms with van der Waals surface area (Å²) in [7, 11) is 1.62. The predicted octanol–water partition coefficient (Wildman–Crippen LogP) is 4.66. The van der Waals surface area contributed by atoms with Crippen LogP contribution in [0.4, 0.5) is 5.13 Å². The topological polar surface area (TPSA) is 55.7 Å². The summed E-state index contributed by atoms with van der Waals surface area (Å²) < 4.78 is 11.0. The Morgan fingerprint density at radius 2 is 2.00 bits per heavy atom. The van der Waals surface area contributed by atoms with Crippen molar-refractivity contribution >= 4 is 22.7 Å². The molecule has 3 rings (SSSR count). The predicted molar refractivity (Wildman–Crippen MR) is 103 cm³/mol. The van der Waals surface area contributed by atoms with E-state index < -0.39 is 0 Å². The number of rotatable bonds is 7. The molecule has 1 heterocycles. The van der Waals surface area contributed by atoms with Gasteiger partial charge in [-0.1, -0.05) is 36.4 Å². The maximum atomic E-state index is 5.67. The summed E-state index contributed by atoms with van der Waals surface area (Å²) in [6.45, 7) is 2.49. The summed E-state index contributed by atoms with van der Waals surface area (Å²) >= 11 is 1.51. The van der Waals surface area contributed by atoms with Gasteiger partial charge in [0.05, 0.1) is 25.6 Å². The van der Waals surface area contributed by atoms with E-state index in [4.69, 9.17) is 9.47 Å². The van der Waals surface area contributed by atoms with Crippen LogP contribution in [0, 0.1) is 0 Å². The van der Waals surface area contributed by atoms with E-state index in [-0.39, 0.29) is 0 Å². The van der Waals surface area contributed by atoms with E-state index in [1.54, 1.807) is 13.3 Å². The molecular weight excluding hydrogens is 334 g/mol. The molecule has 0 saturated heterocycles. The van der Waals surface area contributed by atoms with Crippen LogP contribution < -0.4 is 14.9 Å². The Morgan fingerprint density at radius 1 is 1.16 bits per heavy atom. The van der Waals surface area contributed by atoms with Crippen LogP contribution in [0.5, 0.6) is 11.5 Å². The van der Waals surface area contributed by atoms with Crippen molar-refractivity contribution in [2.75, 3.05) is 19.1 Å². The lowest BCUT2D eigenvalue weighted by atomic mass is 10.2. The summed E-state index contributed by atoms with van der Waals surface area (Å²) in [5.74, 6) is 1.37. The van der Waals surface area contributed by atoms with Crippen LogP contribution in [0.2, 0.25) is 0 Å². The number of benzene rings is 2. The third kappa shape index (κ3) is 4.16. The van der Waals surface area contributed by atoms with E-state index in [9.17, 15) is 0 Å². The van der Waals surface area contributed by atoms with Crippen molar-refractivity contribution in [3.05, 3.63) is 59.5 Å². The molecule has 0 atom stereocenters. The Balaban J connectivity index is 1.73. The van der Waals surface area contributed by atoms with E-state index in [0.717, 1.165) is 22.0 Å². The number of methoxy groups -OCH3 is 1. The van der Waals surface area contributed by atoms with Gasteiger partial charge in [-0.2, -0.15) is 5.10 Å². The SMILES string of the molecule is CCOc1c(C=NNc2nc(-c3ccccc3)cs2)cccc1OC. The van der Waals surface area contributed by atoms with Gasteiger partial charge in [-0.3, -0.25) is 5.43 Å². The molecule has 0 aliphatic carbocycles. The zero-order chi connectivity index (χ0) is 17.5. The minimum absolute atomic E-state index is 0.557. The van der Waals surface area contributed by atoms with Crippen LogP contribution in [-0.2, 0) is 0 Å². The molecule has 5 nitrogen and oxygen atoms in total. The van der Waals surface area contributed by atoms with Gasteiger partial charge in [0, 0.05) is 16.5 Å². The molecule has 1 N–H and O–H groups in total. The van der Waals surface area contributed by atoms with Gasteiger partial charge in [-0.05, 0) is 19.1 Å². The highest BCUT2D eigenvalue weighted by Crippen LogP contribution is 2.30. The summed E-state index contributed by atoms with van der Waals surface area (Å²) in [4.78, 5) is 4.54. The molecule has 3 aromatic rings. The van der Waals surface area contributed by atoms with Crippen molar-refractivity contribution in [3.8, 4) is 22.8 Å². The molecular formula is C19H19N3O2S. The number of hydrogen-bond acceptors (Lipinski definition) is 6. The summed E-state index contributed by atoms with van der Waals surface area (Å²) in [5, 5.41) is 7.01. The second kappa shape index (κ2) is 8.30. The average molecular weight is 353 g/mol. The first kappa shape index (κ1) is 17.0. The third-order valence-electron chi connectivity index (χ3n) is 3.46. The van der Waals surface area contributed by atoms with Gasteiger partial charge >= 0.3 is 0 Å². The maximum Gasteiger partial charge on any atom is 0.203 e. The lowest BCUT2D eigenvalue weighted by Crippen LogP contribution is -2.00. The number of anilines is 1. The summed E-state index contributed by atoms with van der Waals surface area (Å²) in [6, 6.07) is 15.7. The smallest absolute Gasteiger partial charge is 0.203 e. The highest BCUT2D eigenvalue weighted by atomic mass is 32.1. The van der Waals surface area contributed by atoms with E-state index in [0.29, 0.717) is 18.1 Å². The Hall–Kier alpha value is -2.86. The molecule has 25 heavy (non-hydrogen) atoms. The number of nitrogens with zero attached hydrogens (tertiary/aromatic N) is 2. The number of hydrazone groups is 1. The molecule has 0 aliphatic rings. The number of hydrogen-bond donors (Lipinski definition) is 1. The quantitative estimate of drug-likeness (QED) is 0.496. The fourth-order valence-corrected chi connectivity index (χ4v) is 2.99. The van der Waals surface area contributed by atoms with Crippen molar-refractivity contribution in [3.63, 3.8) is 0 Å². The summed E-state index contributed by atoms with van der Waals surface area (Å²) in [5.41, 5.74) is 5.83. The minimum atomic E-state index is 0.557. The minimum Gasteiger partial charge on any atom is -0.493 e. The van der Waals surface area contributed by atoms with Gasteiger partial charge in [0.2, 0.25) is 5.13 Å². The first-order valence-electron chi connectivity index (χ1n) is 7.91. The van der Waals surface area contributed by atoms with Crippen molar-refractivity contribution < 1.29 is 9.47 Å². The van der Waals surface area contributed by atoms with Gasteiger partial charge in [0.1, 0.15) is 0 Å².